The molecule has 20 heavy (non-hydrogen) atoms. The predicted molar refractivity (Wildman–Crippen MR) is 72.8 cm³/mol. The van der Waals surface area contributed by atoms with Gasteiger partial charge in [0.1, 0.15) is 6.10 Å². The fourth-order valence-corrected chi connectivity index (χ4v) is 2.21. The Morgan fingerprint density at radius 2 is 2.15 bits per heavy atom. The molecular formula is C15H19NO4. The van der Waals surface area contributed by atoms with E-state index in [0.29, 0.717) is 6.61 Å². The van der Waals surface area contributed by atoms with Crippen LogP contribution < -0.4 is 5.32 Å². The Bertz CT molecular complexity index is 454. The molecule has 0 aromatic heterocycles. The first-order valence-corrected chi connectivity index (χ1v) is 6.77. The number of hydrogen-bond acceptors (Lipinski definition) is 4. The third-order valence-electron chi connectivity index (χ3n) is 3.11. The van der Waals surface area contributed by atoms with Gasteiger partial charge in [-0.1, -0.05) is 30.3 Å². The fraction of sp³-hybridized carbons (Fsp3) is 0.467. The van der Waals surface area contributed by atoms with Crippen molar-refractivity contribution >= 4 is 11.9 Å². The summed E-state index contributed by atoms with van der Waals surface area (Å²) in [7, 11) is 0. The van der Waals surface area contributed by atoms with E-state index in [4.69, 9.17) is 9.47 Å². The number of carbonyl (C=O) groups excluding carboxylic acids is 2. The minimum Gasteiger partial charge on any atom is -0.439 e. The molecule has 1 heterocycles. The second kappa shape index (κ2) is 7.05. The minimum absolute atomic E-state index is 0.182. The van der Waals surface area contributed by atoms with Crippen LogP contribution in [0.1, 0.15) is 25.3 Å². The maximum atomic E-state index is 12.0. The van der Waals surface area contributed by atoms with Crippen molar-refractivity contribution in [2.24, 2.45) is 0 Å². The molecule has 1 aliphatic rings. The van der Waals surface area contributed by atoms with Crippen LogP contribution >= 0.6 is 0 Å². The molecule has 1 saturated heterocycles. The van der Waals surface area contributed by atoms with E-state index in [1.165, 1.54) is 6.92 Å². The van der Waals surface area contributed by atoms with Gasteiger partial charge < -0.3 is 14.8 Å². The standard InChI is InChI=1S/C15H19NO4/c1-11(17)20-15(13-8-5-9-19-13)16-14(18)10-12-6-3-2-4-7-12/h2-4,6-7,13,15H,5,8-10H2,1H3,(H,16,18)/t13-,15-/m0/s1. The Morgan fingerprint density at radius 3 is 2.75 bits per heavy atom. The summed E-state index contributed by atoms with van der Waals surface area (Å²) in [4.78, 5) is 23.1. The summed E-state index contributed by atoms with van der Waals surface area (Å²) < 4.78 is 10.6. The van der Waals surface area contributed by atoms with Crippen molar-refractivity contribution in [3.05, 3.63) is 35.9 Å². The lowest BCUT2D eigenvalue weighted by atomic mass is 10.1. The van der Waals surface area contributed by atoms with Crippen LogP contribution in [-0.2, 0) is 25.5 Å². The molecule has 1 fully saturated rings. The number of amides is 1. The maximum absolute atomic E-state index is 12.0. The zero-order valence-electron chi connectivity index (χ0n) is 11.5. The highest BCUT2D eigenvalue weighted by Crippen LogP contribution is 2.17. The molecule has 2 rings (SSSR count). The average molecular weight is 277 g/mol. The smallest absolute Gasteiger partial charge is 0.304 e. The molecular weight excluding hydrogens is 258 g/mol. The largest absolute Gasteiger partial charge is 0.439 e. The SMILES string of the molecule is CC(=O)O[C@H](NC(=O)Cc1ccccc1)[C@@H]1CCCO1. The highest BCUT2D eigenvalue weighted by atomic mass is 16.6. The van der Waals surface area contributed by atoms with Crippen LogP contribution in [0.15, 0.2) is 30.3 Å². The number of esters is 1. The van der Waals surface area contributed by atoms with E-state index in [0.717, 1.165) is 18.4 Å². The Labute approximate surface area is 118 Å². The summed E-state index contributed by atoms with van der Waals surface area (Å²) in [6.07, 6.45) is 0.996. The third kappa shape index (κ3) is 4.35. The molecule has 0 bridgehead atoms. The van der Waals surface area contributed by atoms with Crippen LogP contribution in [0, 0.1) is 0 Å². The molecule has 5 heteroatoms. The lowest BCUT2D eigenvalue weighted by Crippen LogP contribution is -2.46. The molecule has 0 radical (unpaired) electrons. The van der Waals surface area contributed by atoms with E-state index in [2.05, 4.69) is 5.32 Å². The first-order chi connectivity index (χ1) is 9.65. The molecule has 1 amide bonds. The summed E-state index contributed by atoms with van der Waals surface area (Å²) in [5, 5.41) is 2.73. The summed E-state index contributed by atoms with van der Waals surface area (Å²) in [6.45, 7) is 1.96. The van der Waals surface area contributed by atoms with Crippen LogP contribution in [-0.4, -0.2) is 30.8 Å². The highest BCUT2D eigenvalue weighted by molar-refractivity contribution is 5.79. The van der Waals surface area contributed by atoms with Gasteiger partial charge in [-0.15, -0.1) is 0 Å². The first kappa shape index (κ1) is 14.5. The summed E-state index contributed by atoms with van der Waals surface area (Å²) in [5.74, 6) is -0.608. The quantitative estimate of drug-likeness (QED) is 0.653. The second-order valence-corrected chi connectivity index (χ2v) is 4.81. The van der Waals surface area contributed by atoms with Gasteiger partial charge in [-0.2, -0.15) is 0 Å². The van der Waals surface area contributed by atoms with E-state index >= 15 is 0 Å². The number of benzene rings is 1. The first-order valence-electron chi connectivity index (χ1n) is 6.77. The van der Waals surface area contributed by atoms with Gasteiger partial charge in [0.25, 0.3) is 0 Å². The zero-order chi connectivity index (χ0) is 14.4. The molecule has 0 spiro atoms. The van der Waals surface area contributed by atoms with Gasteiger partial charge in [-0.05, 0) is 18.4 Å². The maximum Gasteiger partial charge on any atom is 0.304 e. The van der Waals surface area contributed by atoms with Crippen molar-refractivity contribution in [2.45, 2.75) is 38.5 Å². The fourth-order valence-electron chi connectivity index (χ4n) is 2.21. The van der Waals surface area contributed by atoms with Crippen molar-refractivity contribution < 1.29 is 19.1 Å². The van der Waals surface area contributed by atoms with Crippen molar-refractivity contribution in [3.63, 3.8) is 0 Å². The van der Waals surface area contributed by atoms with Gasteiger partial charge in [0.05, 0.1) is 6.42 Å². The van der Waals surface area contributed by atoms with Gasteiger partial charge in [-0.3, -0.25) is 9.59 Å². The highest BCUT2D eigenvalue weighted by Gasteiger charge is 2.29. The molecule has 1 aliphatic heterocycles. The van der Waals surface area contributed by atoms with E-state index in [1.807, 2.05) is 30.3 Å². The molecule has 1 aromatic rings. The van der Waals surface area contributed by atoms with E-state index < -0.39 is 12.2 Å². The topological polar surface area (TPSA) is 64.6 Å². The molecule has 1 aromatic carbocycles. The molecule has 0 aliphatic carbocycles. The van der Waals surface area contributed by atoms with Crippen molar-refractivity contribution in [1.29, 1.82) is 0 Å². The van der Waals surface area contributed by atoms with Gasteiger partial charge >= 0.3 is 5.97 Å². The Balaban J connectivity index is 1.92. The lowest BCUT2D eigenvalue weighted by Gasteiger charge is -2.23. The summed E-state index contributed by atoms with van der Waals surface area (Å²) >= 11 is 0. The average Bonchev–Trinajstić information content (AvgIpc) is 2.92. The van der Waals surface area contributed by atoms with Gasteiger partial charge in [0.15, 0.2) is 0 Å². The van der Waals surface area contributed by atoms with Crippen molar-refractivity contribution in [2.75, 3.05) is 6.61 Å². The van der Waals surface area contributed by atoms with E-state index in [1.54, 1.807) is 0 Å². The number of nitrogens with one attached hydrogen (secondary N) is 1. The number of rotatable bonds is 5. The molecule has 0 unspecified atom stereocenters. The Hall–Kier alpha value is -1.88. The third-order valence-corrected chi connectivity index (χ3v) is 3.11. The van der Waals surface area contributed by atoms with Crippen molar-refractivity contribution in [1.82, 2.24) is 5.32 Å². The predicted octanol–water partition coefficient (Wildman–Crippen LogP) is 1.41. The second-order valence-electron chi connectivity index (χ2n) is 4.81. The molecule has 2 atom stereocenters. The molecule has 108 valence electrons. The monoisotopic (exact) mass is 277 g/mol. The number of hydrogen-bond donors (Lipinski definition) is 1. The molecule has 1 N–H and O–H groups in total. The van der Waals surface area contributed by atoms with Crippen LogP contribution in [0.25, 0.3) is 0 Å². The normalized spacial score (nSPS) is 19.4. The van der Waals surface area contributed by atoms with Gasteiger partial charge in [0.2, 0.25) is 12.1 Å². The minimum atomic E-state index is -0.703. The van der Waals surface area contributed by atoms with Crippen LogP contribution in [0.3, 0.4) is 0 Å². The number of carbonyl (C=O) groups is 2. The Morgan fingerprint density at radius 1 is 1.40 bits per heavy atom. The van der Waals surface area contributed by atoms with Crippen LogP contribution in [0.5, 0.6) is 0 Å². The summed E-state index contributed by atoms with van der Waals surface area (Å²) in [5.41, 5.74) is 0.916. The van der Waals surface area contributed by atoms with E-state index in [-0.39, 0.29) is 18.4 Å². The van der Waals surface area contributed by atoms with Crippen LogP contribution in [0.2, 0.25) is 0 Å². The molecule has 5 nitrogen and oxygen atoms in total. The van der Waals surface area contributed by atoms with Gasteiger partial charge in [-0.25, -0.2) is 0 Å². The Kier molecular flexibility index (Phi) is 5.12. The zero-order valence-corrected chi connectivity index (χ0v) is 11.5. The number of ether oxygens (including phenoxy) is 2. The van der Waals surface area contributed by atoms with Crippen LogP contribution in [0.4, 0.5) is 0 Å². The van der Waals surface area contributed by atoms with E-state index in [9.17, 15) is 9.59 Å². The van der Waals surface area contributed by atoms with Gasteiger partial charge in [0, 0.05) is 13.5 Å². The lowest BCUT2D eigenvalue weighted by molar-refractivity contribution is -0.157. The summed E-state index contributed by atoms with van der Waals surface area (Å²) in [6, 6.07) is 9.42. The molecule has 0 saturated carbocycles. The van der Waals surface area contributed by atoms with Crippen molar-refractivity contribution in [3.8, 4) is 0 Å².